The van der Waals surface area contributed by atoms with E-state index in [4.69, 9.17) is 14.2 Å². The number of ether oxygens (including phenoxy) is 3. The maximum atomic E-state index is 12.8. The van der Waals surface area contributed by atoms with Crippen LogP contribution in [0.4, 0.5) is 0 Å². The lowest BCUT2D eigenvalue weighted by Crippen LogP contribution is -2.30. The van der Waals surface area contributed by atoms with Crippen molar-refractivity contribution in [3.05, 3.63) is 0 Å². The number of unbranched alkanes of at least 4 members (excludes halogenated alkanes) is 34. The van der Waals surface area contributed by atoms with Crippen LogP contribution < -0.4 is 0 Å². The third kappa shape index (κ3) is 49.3. The van der Waals surface area contributed by atoms with E-state index in [0.717, 1.165) is 69.6 Å². The highest BCUT2D eigenvalue weighted by Gasteiger charge is 2.19. The molecule has 0 rings (SSSR count). The van der Waals surface area contributed by atoms with Crippen LogP contribution in [0.15, 0.2) is 0 Å². The molecule has 0 amide bonds. The Morgan fingerprint density at radius 2 is 0.541 bits per heavy atom. The zero-order chi connectivity index (χ0) is 44.7. The second kappa shape index (κ2) is 47.9. The predicted molar refractivity (Wildman–Crippen MR) is 261 cm³/mol. The molecule has 0 aromatic carbocycles. The molecule has 0 aromatic rings. The van der Waals surface area contributed by atoms with Crippen LogP contribution in [0.3, 0.4) is 0 Å². The van der Waals surface area contributed by atoms with E-state index in [1.807, 2.05) is 0 Å². The van der Waals surface area contributed by atoms with Gasteiger partial charge in [-0.15, -0.1) is 0 Å². The van der Waals surface area contributed by atoms with Crippen molar-refractivity contribution in [2.75, 3.05) is 13.2 Å². The Hall–Kier alpha value is -1.59. The average molecular weight is 863 g/mol. The van der Waals surface area contributed by atoms with Gasteiger partial charge in [0.15, 0.2) is 6.10 Å². The summed E-state index contributed by atoms with van der Waals surface area (Å²) in [5.41, 5.74) is 0. The van der Waals surface area contributed by atoms with E-state index in [9.17, 15) is 14.4 Å². The molecule has 0 aliphatic carbocycles. The van der Waals surface area contributed by atoms with Gasteiger partial charge in [-0.05, 0) is 31.1 Å². The van der Waals surface area contributed by atoms with Gasteiger partial charge in [-0.2, -0.15) is 0 Å². The molecule has 0 fully saturated rings. The van der Waals surface area contributed by atoms with E-state index in [0.29, 0.717) is 19.3 Å². The van der Waals surface area contributed by atoms with Gasteiger partial charge in [0.05, 0.1) is 0 Å². The molecule has 0 radical (unpaired) electrons. The van der Waals surface area contributed by atoms with Crippen molar-refractivity contribution in [2.24, 2.45) is 11.8 Å². The number of esters is 3. The lowest BCUT2D eigenvalue weighted by Gasteiger charge is -2.18. The van der Waals surface area contributed by atoms with E-state index in [2.05, 4.69) is 34.6 Å². The number of carbonyl (C=O) groups is 3. The van der Waals surface area contributed by atoms with E-state index in [1.165, 1.54) is 193 Å². The fourth-order valence-corrected chi connectivity index (χ4v) is 8.34. The summed E-state index contributed by atoms with van der Waals surface area (Å²) in [5.74, 6) is 0.846. The largest absolute Gasteiger partial charge is 0.462 e. The number of carbonyl (C=O) groups excluding carboxylic acids is 3. The van der Waals surface area contributed by atoms with Crippen LogP contribution in [0.25, 0.3) is 0 Å². The van der Waals surface area contributed by atoms with Crippen LogP contribution in [0, 0.1) is 11.8 Å². The molecular formula is C55H106O6. The van der Waals surface area contributed by atoms with Crippen molar-refractivity contribution < 1.29 is 28.6 Å². The Kier molecular flexibility index (Phi) is 46.6. The summed E-state index contributed by atoms with van der Waals surface area (Å²) < 4.78 is 16.8. The first-order chi connectivity index (χ1) is 29.7. The zero-order valence-corrected chi connectivity index (χ0v) is 41.8. The van der Waals surface area contributed by atoms with E-state index in [1.54, 1.807) is 0 Å². The highest BCUT2D eigenvalue weighted by atomic mass is 16.6. The smallest absolute Gasteiger partial charge is 0.306 e. The molecule has 0 aromatic heterocycles. The van der Waals surface area contributed by atoms with Crippen LogP contribution in [-0.4, -0.2) is 37.2 Å². The van der Waals surface area contributed by atoms with Crippen LogP contribution in [0.5, 0.6) is 0 Å². The van der Waals surface area contributed by atoms with Crippen LogP contribution >= 0.6 is 0 Å². The minimum Gasteiger partial charge on any atom is -0.462 e. The average Bonchev–Trinajstić information content (AvgIpc) is 3.23. The van der Waals surface area contributed by atoms with Gasteiger partial charge in [-0.3, -0.25) is 14.4 Å². The first kappa shape index (κ1) is 59.4. The van der Waals surface area contributed by atoms with Crippen molar-refractivity contribution >= 4 is 17.9 Å². The van der Waals surface area contributed by atoms with E-state index >= 15 is 0 Å². The molecule has 362 valence electrons. The van der Waals surface area contributed by atoms with Crippen molar-refractivity contribution in [2.45, 2.75) is 310 Å². The molecule has 0 saturated heterocycles. The Bertz CT molecular complexity index is 931. The van der Waals surface area contributed by atoms with Gasteiger partial charge in [0, 0.05) is 19.3 Å². The molecule has 6 heteroatoms. The normalized spacial score (nSPS) is 12.0. The molecule has 6 nitrogen and oxygen atoms in total. The Labute approximate surface area is 380 Å². The highest BCUT2D eigenvalue weighted by Crippen LogP contribution is 2.18. The SMILES string of the molecule is CCCCCCCCCC(=O)OC[C@H](COC(=O)CCCCCCCCCCCCCCCCC(C)C)OC(=O)CCCCCCCCCCCCCCCCCCC(C)C. The molecule has 0 spiro atoms. The lowest BCUT2D eigenvalue weighted by molar-refractivity contribution is -0.167. The second-order valence-electron chi connectivity index (χ2n) is 19.8. The molecule has 61 heavy (non-hydrogen) atoms. The summed E-state index contributed by atoms with van der Waals surface area (Å²) in [7, 11) is 0. The van der Waals surface area contributed by atoms with Crippen LogP contribution in [0.1, 0.15) is 304 Å². The van der Waals surface area contributed by atoms with Gasteiger partial charge >= 0.3 is 17.9 Å². The standard InChI is InChI=1S/C55H106O6/c1-6-7-8-9-28-35-40-45-53(56)59-48-52(49-60-54(57)46-41-36-31-26-22-18-15-14-17-21-25-30-34-39-44-51(4)5)61-55(58)47-42-37-32-27-23-19-13-11-10-12-16-20-24-29-33-38-43-50(2)3/h50-52H,6-49H2,1-5H3/t52-/m1/s1. The Morgan fingerprint density at radius 1 is 0.311 bits per heavy atom. The summed E-state index contributed by atoms with van der Waals surface area (Å²) in [4.78, 5) is 37.9. The number of rotatable bonds is 49. The Morgan fingerprint density at radius 3 is 0.803 bits per heavy atom. The third-order valence-electron chi connectivity index (χ3n) is 12.5. The van der Waals surface area contributed by atoms with E-state index < -0.39 is 6.10 Å². The quantitative estimate of drug-likeness (QED) is 0.0344. The molecule has 0 unspecified atom stereocenters. The van der Waals surface area contributed by atoms with Crippen LogP contribution in [-0.2, 0) is 28.6 Å². The monoisotopic (exact) mass is 863 g/mol. The van der Waals surface area contributed by atoms with Gasteiger partial charge < -0.3 is 14.2 Å². The van der Waals surface area contributed by atoms with Crippen LogP contribution in [0.2, 0.25) is 0 Å². The van der Waals surface area contributed by atoms with Crippen molar-refractivity contribution in [1.82, 2.24) is 0 Å². The molecule has 0 N–H and O–H groups in total. The molecule has 0 bridgehead atoms. The van der Waals surface area contributed by atoms with E-state index in [-0.39, 0.29) is 31.1 Å². The molecule has 0 aliphatic heterocycles. The zero-order valence-electron chi connectivity index (χ0n) is 41.8. The second-order valence-corrected chi connectivity index (χ2v) is 19.8. The van der Waals surface area contributed by atoms with Gasteiger partial charge in [0.1, 0.15) is 13.2 Å². The van der Waals surface area contributed by atoms with Crippen molar-refractivity contribution in [1.29, 1.82) is 0 Å². The van der Waals surface area contributed by atoms with Gasteiger partial charge in [0.25, 0.3) is 0 Å². The van der Waals surface area contributed by atoms with Gasteiger partial charge in [0.2, 0.25) is 0 Å². The summed E-state index contributed by atoms with van der Waals surface area (Å²) >= 11 is 0. The Balaban J connectivity index is 4.16. The molecule has 0 aliphatic rings. The minimum absolute atomic E-state index is 0.0635. The number of hydrogen-bond acceptors (Lipinski definition) is 6. The molecule has 0 heterocycles. The molecule has 1 atom stereocenters. The third-order valence-corrected chi connectivity index (χ3v) is 12.5. The van der Waals surface area contributed by atoms with Gasteiger partial charge in [-0.1, -0.05) is 266 Å². The first-order valence-electron chi connectivity index (χ1n) is 27.2. The topological polar surface area (TPSA) is 78.9 Å². The molecular weight excluding hydrogens is 757 g/mol. The van der Waals surface area contributed by atoms with Crippen molar-refractivity contribution in [3.8, 4) is 0 Å². The fraction of sp³-hybridized carbons (Fsp3) is 0.945. The van der Waals surface area contributed by atoms with Crippen molar-refractivity contribution in [3.63, 3.8) is 0 Å². The van der Waals surface area contributed by atoms with Gasteiger partial charge in [-0.25, -0.2) is 0 Å². The molecule has 0 saturated carbocycles. The summed E-state index contributed by atoms with van der Waals surface area (Å²) in [6, 6.07) is 0. The maximum absolute atomic E-state index is 12.8. The summed E-state index contributed by atoms with van der Waals surface area (Å²) in [6.07, 6.45) is 49.6. The maximum Gasteiger partial charge on any atom is 0.306 e. The lowest BCUT2D eigenvalue weighted by atomic mass is 10.0. The predicted octanol–water partition coefficient (Wildman–Crippen LogP) is 17.7. The minimum atomic E-state index is -0.760. The summed E-state index contributed by atoms with van der Waals surface area (Å²) in [6.45, 7) is 11.4. The fourth-order valence-electron chi connectivity index (χ4n) is 8.34. The first-order valence-corrected chi connectivity index (χ1v) is 27.2. The summed E-state index contributed by atoms with van der Waals surface area (Å²) in [5, 5.41) is 0. The number of hydrogen-bond donors (Lipinski definition) is 0. The highest BCUT2D eigenvalue weighted by molar-refractivity contribution is 5.71.